The lowest BCUT2D eigenvalue weighted by Gasteiger charge is -2.40. The molecule has 1 aromatic heterocycles. The largest absolute Gasteiger partial charge is 0.380 e. The molecule has 0 aromatic carbocycles. The zero-order valence-electron chi connectivity index (χ0n) is 11.5. The maximum absolute atomic E-state index is 11.2. The summed E-state index contributed by atoms with van der Waals surface area (Å²) in [5.41, 5.74) is -0.760. The molecule has 0 radical (unpaired) electrons. The van der Waals surface area contributed by atoms with Gasteiger partial charge in [-0.25, -0.2) is 4.98 Å². The van der Waals surface area contributed by atoms with E-state index in [1.165, 1.54) is 12.8 Å². The molecule has 3 rings (SSSR count). The number of aryl methyl sites for hydroxylation is 1. The van der Waals surface area contributed by atoms with Crippen LogP contribution in [0.15, 0.2) is 12.4 Å². The third-order valence-electron chi connectivity index (χ3n) is 4.70. The number of nitrogens with zero attached hydrogens (tertiary/aromatic N) is 3. The summed E-state index contributed by atoms with van der Waals surface area (Å²) in [7, 11) is 1.97. The van der Waals surface area contributed by atoms with Gasteiger partial charge in [0.05, 0.1) is 0 Å². The molecule has 4 nitrogen and oxygen atoms in total. The molecule has 1 aromatic rings. The first-order valence-corrected chi connectivity index (χ1v) is 7.01. The molecule has 2 saturated heterocycles. The zero-order chi connectivity index (χ0) is 12.9. The predicted molar refractivity (Wildman–Crippen MR) is 70.1 cm³/mol. The van der Waals surface area contributed by atoms with Gasteiger partial charge in [-0.1, -0.05) is 6.42 Å². The fourth-order valence-electron chi connectivity index (χ4n) is 4.09. The number of rotatable bonds is 2. The minimum atomic E-state index is -0.760. The van der Waals surface area contributed by atoms with Crippen molar-refractivity contribution in [1.29, 1.82) is 0 Å². The van der Waals surface area contributed by atoms with Crippen LogP contribution in [0.4, 0.5) is 0 Å². The quantitative estimate of drug-likeness (QED) is 0.866. The molecule has 2 aliphatic heterocycles. The first kappa shape index (κ1) is 12.2. The maximum Gasteiger partial charge on any atom is 0.142 e. The molecular weight excluding hydrogens is 226 g/mol. The summed E-state index contributed by atoms with van der Waals surface area (Å²) >= 11 is 0. The van der Waals surface area contributed by atoms with Crippen molar-refractivity contribution in [2.24, 2.45) is 7.05 Å². The summed E-state index contributed by atoms with van der Waals surface area (Å²) in [6, 6.07) is 1.25. The van der Waals surface area contributed by atoms with Gasteiger partial charge in [0.1, 0.15) is 11.4 Å². The van der Waals surface area contributed by atoms with Crippen molar-refractivity contribution in [3.05, 3.63) is 18.2 Å². The molecule has 3 atom stereocenters. The van der Waals surface area contributed by atoms with Gasteiger partial charge in [-0.3, -0.25) is 4.90 Å². The molecule has 0 spiro atoms. The fraction of sp³-hybridized carbons (Fsp3) is 0.786. The highest BCUT2D eigenvalue weighted by Crippen LogP contribution is 2.48. The average molecular weight is 249 g/mol. The fourth-order valence-corrected chi connectivity index (χ4v) is 4.09. The molecule has 18 heavy (non-hydrogen) atoms. The number of piperidine rings is 1. The Morgan fingerprint density at radius 2 is 2.22 bits per heavy atom. The molecule has 3 heterocycles. The standard InChI is InChI=1S/C14H23N3O/c1-10(2)17-11-5-4-6-12(17)14(18,9-11)13-15-7-8-16(13)3/h7-8,10-12,18H,4-6,9H2,1-3H3. The average Bonchev–Trinajstić information content (AvgIpc) is 2.81. The van der Waals surface area contributed by atoms with Gasteiger partial charge in [0.25, 0.3) is 0 Å². The van der Waals surface area contributed by atoms with Crippen molar-refractivity contribution < 1.29 is 5.11 Å². The minimum absolute atomic E-state index is 0.234. The summed E-state index contributed by atoms with van der Waals surface area (Å²) in [5, 5.41) is 11.2. The molecule has 0 amide bonds. The summed E-state index contributed by atoms with van der Waals surface area (Å²) in [6.07, 6.45) is 8.07. The lowest BCUT2D eigenvalue weighted by atomic mass is 9.91. The van der Waals surface area contributed by atoms with Gasteiger partial charge >= 0.3 is 0 Å². The topological polar surface area (TPSA) is 41.3 Å². The van der Waals surface area contributed by atoms with Crippen molar-refractivity contribution >= 4 is 0 Å². The normalized spacial score (nSPS) is 36.5. The first-order chi connectivity index (χ1) is 8.54. The second kappa shape index (κ2) is 4.07. The van der Waals surface area contributed by atoms with Crippen LogP contribution in [0.3, 0.4) is 0 Å². The van der Waals surface area contributed by atoms with E-state index in [0.29, 0.717) is 12.1 Å². The lowest BCUT2D eigenvalue weighted by Crippen LogP contribution is -2.49. The number of imidazole rings is 1. The third-order valence-corrected chi connectivity index (χ3v) is 4.70. The van der Waals surface area contributed by atoms with Crippen molar-refractivity contribution in [2.75, 3.05) is 0 Å². The van der Waals surface area contributed by atoms with Crippen LogP contribution in [-0.4, -0.2) is 37.7 Å². The SMILES string of the molecule is CC(C)N1C2CCCC1C(O)(c1nccn1C)C2. The smallest absolute Gasteiger partial charge is 0.142 e. The highest BCUT2D eigenvalue weighted by atomic mass is 16.3. The van der Waals surface area contributed by atoms with E-state index in [1.807, 2.05) is 17.8 Å². The van der Waals surface area contributed by atoms with Crippen LogP contribution in [0.25, 0.3) is 0 Å². The summed E-state index contributed by atoms with van der Waals surface area (Å²) < 4.78 is 1.97. The molecule has 0 aliphatic carbocycles. The highest BCUT2D eigenvalue weighted by molar-refractivity contribution is 5.17. The number of hydrogen-bond donors (Lipinski definition) is 1. The molecule has 4 heteroatoms. The Balaban J connectivity index is 2.01. The van der Waals surface area contributed by atoms with Crippen LogP contribution in [0.5, 0.6) is 0 Å². The van der Waals surface area contributed by atoms with Gasteiger partial charge in [0, 0.05) is 44.0 Å². The van der Waals surface area contributed by atoms with E-state index in [9.17, 15) is 5.11 Å². The molecule has 3 unspecified atom stereocenters. The molecule has 0 saturated carbocycles. The van der Waals surface area contributed by atoms with Gasteiger partial charge in [-0.2, -0.15) is 0 Å². The summed E-state index contributed by atoms with van der Waals surface area (Å²) in [6.45, 7) is 4.46. The Morgan fingerprint density at radius 3 is 2.78 bits per heavy atom. The second-order valence-electron chi connectivity index (χ2n) is 6.13. The molecule has 2 fully saturated rings. The van der Waals surface area contributed by atoms with Crippen LogP contribution in [0.1, 0.15) is 45.4 Å². The van der Waals surface area contributed by atoms with E-state index in [4.69, 9.17) is 0 Å². The van der Waals surface area contributed by atoms with Crippen molar-refractivity contribution in [1.82, 2.24) is 14.5 Å². The van der Waals surface area contributed by atoms with Crippen LogP contribution in [0, 0.1) is 0 Å². The Morgan fingerprint density at radius 1 is 1.44 bits per heavy atom. The van der Waals surface area contributed by atoms with Crippen LogP contribution < -0.4 is 0 Å². The van der Waals surface area contributed by atoms with Crippen LogP contribution >= 0.6 is 0 Å². The summed E-state index contributed by atoms with van der Waals surface area (Å²) in [4.78, 5) is 6.92. The Hall–Kier alpha value is -0.870. The van der Waals surface area contributed by atoms with Gasteiger partial charge in [0.2, 0.25) is 0 Å². The Kier molecular flexibility index (Phi) is 2.75. The number of hydrogen-bond acceptors (Lipinski definition) is 3. The molecule has 1 N–H and O–H groups in total. The maximum atomic E-state index is 11.2. The second-order valence-corrected chi connectivity index (χ2v) is 6.13. The third kappa shape index (κ3) is 1.55. The van der Waals surface area contributed by atoms with Crippen molar-refractivity contribution in [3.8, 4) is 0 Å². The molecule has 100 valence electrons. The highest BCUT2D eigenvalue weighted by Gasteiger charge is 2.56. The molecule has 2 bridgehead atoms. The van der Waals surface area contributed by atoms with Crippen molar-refractivity contribution in [2.45, 2.75) is 63.3 Å². The van der Waals surface area contributed by atoms with E-state index in [1.54, 1.807) is 6.20 Å². The summed E-state index contributed by atoms with van der Waals surface area (Å²) in [5.74, 6) is 0.836. The van der Waals surface area contributed by atoms with Gasteiger partial charge in [-0.05, 0) is 26.7 Å². The molecular formula is C14H23N3O. The monoisotopic (exact) mass is 249 g/mol. The predicted octanol–water partition coefficient (Wildman–Crippen LogP) is 1.64. The number of fused-ring (bicyclic) bond motifs is 2. The van der Waals surface area contributed by atoms with Gasteiger partial charge in [-0.15, -0.1) is 0 Å². The molecule has 2 aliphatic rings. The van der Waals surface area contributed by atoms with E-state index >= 15 is 0 Å². The van der Waals surface area contributed by atoms with E-state index in [-0.39, 0.29) is 6.04 Å². The number of aliphatic hydroxyl groups is 1. The van der Waals surface area contributed by atoms with E-state index < -0.39 is 5.60 Å². The van der Waals surface area contributed by atoms with Gasteiger partial charge in [0.15, 0.2) is 0 Å². The number of aromatic nitrogens is 2. The zero-order valence-corrected chi connectivity index (χ0v) is 11.5. The Labute approximate surface area is 109 Å². The first-order valence-electron chi connectivity index (χ1n) is 7.01. The lowest BCUT2D eigenvalue weighted by molar-refractivity contribution is -0.0267. The van der Waals surface area contributed by atoms with Crippen molar-refractivity contribution in [3.63, 3.8) is 0 Å². The van der Waals surface area contributed by atoms with E-state index in [0.717, 1.165) is 18.7 Å². The Bertz CT molecular complexity index is 442. The van der Waals surface area contributed by atoms with Crippen LogP contribution in [-0.2, 0) is 12.6 Å². The van der Waals surface area contributed by atoms with Gasteiger partial charge < -0.3 is 9.67 Å². The van der Waals surface area contributed by atoms with Crippen LogP contribution in [0.2, 0.25) is 0 Å². The van der Waals surface area contributed by atoms with E-state index in [2.05, 4.69) is 23.7 Å². The minimum Gasteiger partial charge on any atom is -0.380 e.